The maximum absolute atomic E-state index is 13.5. The van der Waals surface area contributed by atoms with Gasteiger partial charge in [0.15, 0.2) is 0 Å². The van der Waals surface area contributed by atoms with Gasteiger partial charge in [0, 0.05) is 34.8 Å². The van der Waals surface area contributed by atoms with Crippen LogP contribution in [-0.4, -0.2) is 37.6 Å². The molecule has 3 N–H and O–H groups in total. The zero-order chi connectivity index (χ0) is 22.4. The molecule has 1 atom stereocenters. The zero-order valence-electron chi connectivity index (χ0n) is 17.8. The third kappa shape index (κ3) is 3.19. The number of aromatic hydroxyl groups is 1. The lowest BCUT2D eigenvalue weighted by atomic mass is 9.96. The lowest BCUT2D eigenvalue weighted by molar-refractivity contribution is 0.0746. The number of rotatable bonds is 5. The maximum atomic E-state index is 13.5. The smallest absolute Gasteiger partial charge is 0.273 e. The van der Waals surface area contributed by atoms with Crippen LogP contribution in [0, 0.1) is 0 Å². The van der Waals surface area contributed by atoms with E-state index in [1.165, 1.54) is 10.9 Å². The Morgan fingerprint density at radius 2 is 1.70 bits per heavy atom. The van der Waals surface area contributed by atoms with Gasteiger partial charge in [-0.05, 0) is 35.7 Å². The third-order valence-corrected chi connectivity index (χ3v) is 6.42. The molecule has 1 amide bonds. The molecule has 0 saturated heterocycles. The standard InChI is InChI=1S/C27H22N4O2/c32-20-12-10-18(11-13-20)26-23-24(17-6-2-1-3-7-17)29-30-25(23)27(33)31(26)15-14-19-16-28-22-9-5-4-8-21(19)22/h1-13,16,26,28,32H,14-15H2,(H,29,30)/t26-/m1/s1. The Balaban J connectivity index is 1.41. The summed E-state index contributed by atoms with van der Waals surface area (Å²) in [5, 5.41) is 18.5. The SMILES string of the molecule is O=C1c2[nH]nc(-c3ccccc3)c2[C@@H](c2ccc(O)cc2)N1CCc1c[nH]c2ccccc12. The third-order valence-electron chi connectivity index (χ3n) is 6.42. The number of aromatic nitrogens is 3. The number of phenolic OH excluding ortho intramolecular Hbond substituents is 1. The minimum Gasteiger partial charge on any atom is -0.508 e. The molecule has 6 nitrogen and oxygen atoms in total. The molecule has 0 fully saturated rings. The highest BCUT2D eigenvalue weighted by Gasteiger charge is 2.41. The van der Waals surface area contributed by atoms with Crippen LogP contribution in [0.25, 0.3) is 22.2 Å². The second-order valence-electron chi connectivity index (χ2n) is 8.33. The van der Waals surface area contributed by atoms with Gasteiger partial charge in [-0.2, -0.15) is 5.10 Å². The van der Waals surface area contributed by atoms with Gasteiger partial charge >= 0.3 is 0 Å². The summed E-state index contributed by atoms with van der Waals surface area (Å²) in [6.45, 7) is 0.559. The van der Waals surface area contributed by atoms with Crippen molar-refractivity contribution >= 4 is 16.8 Å². The lowest BCUT2D eigenvalue weighted by Crippen LogP contribution is -2.31. The largest absolute Gasteiger partial charge is 0.508 e. The van der Waals surface area contributed by atoms with Crippen molar-refractivity contribution in [3.05, 3.63) is 107 Å². The molecule has 6 heteroatoms. The zero-order valence-corrected chi connectivity index (χ0v) is 17.8. The molecule has 1 aliphatic rings. The van der Waals surface area contributed by atoms with Gasteiger partial charge in [0.25, 0.3) is 5.91 Å². The summed E-state index contributed by atoms with van der Waals surface area (Å²) < 4.78 is 0. The second kappa shape index (κ2) is 7.67. The number of nitrogens with zero attached hydrogens (tertiary/aromatic N) is 2. The summed E-state index contributed by atoms with van der Waals surface area (Å²) >= 11 is 0. The highest BCUT2D eigenvalue weighted by Crippen LogP contribution is 2.43. The number of H-pyrrole nitrogens is 2. The number of hydrogen-bond acceptors (Lipinski definition) is 3. The van der Waals surface area contributed by atoms with Crippen LogP contribution < -0.4 is 0 Å². The van der Waals surface area contributed by atoms with Gasteiger partial charge in [-0.1, -0.05) is 60.7 Å². The van der Waals surface area contributed by atoms with E-state index in [4.69, 9.17) is 0 Å². The van der Waals surface area contributed by atoms with Gasteiger partial charge < -0.3 is 15.0 Å². The minimum absolute atomic E-state index is 0.0578. The van der Waals surface area contributed by atoms with Gasteiger partial charge in [-0.25, -0.2) is 0 Å². The van der Waals surface area contributed by atoms with Crippen molar-refractivity contribution in [1.82, 2.24) is 20.1 Å². The number of fused-ring (bicyclic) bond motifs is 2. The molecule has 3 heterocycles. The molecular formula is C27H22N4O2. The van der Waals surface area contributed by atoms with E-state index >= 15 is 0 Å². The van der Waals surface area contributed by atoms with Gasteiger partial charge in [-0.3, -0.25) is 9.89 Å². The molecule has 6 rings (SSSR count). The molecule has 162 valence electrons. The van der Waals surface area contributed by atoms with Crippen molar-refractivity contribution in [2.75, 3.05) is 6.54 Å². The van der Waals surface area contributed by atoms with Crippen molar-refractivity contribution in [1.29, 1.82) is 0 Å². The van der Waals surface area contributed by atoms with Crippen LogP contribution in [0.4, 0.5) is 0 Å². The topological polar surface area (TPSA) is 85.0 Å². The molecule has 0 bridgehead atoms. The first-order valence-electron chi connectivity index (χ1n) is 11.0. The number of hydrogen-bond donors (Lipinski definition) is 3. The van der Waals surface area contributed by atoms with E-state index in [1.54, 1.807) is 12.1 Å². The number of nitrogens with one attached hydrogen (secondary N) is 2. The summed E-state index contributed by atoms with van der Waals surface area (Å²) in [4.78, 5) is 18.7. The number of amides is 1. The molecule has 1 aliphatic heterocycles. The van der Waals surface area contributed by atoms with Crippen molar-refractivity contribution in [3.8, 4) is 17.0 Å². The van der Waals surface area contributed by atoms with E-state index in [1.807, 2.05) is 65.7 Å². The monoisotopic (exact) mass is 434 g/mol. The van der Waals surface area contributed by atoms with E-state index < -0.39 is 0 Å². The Hall–Kier alpha value is -4.32. The molecular weight excluding hydrogens is 412 g/mol. The number of aromatic amines is 2. The Morgan fingerprint density at radius 1 is 0.939 bits per heavy atom. The lowest BCUT2D eigenvalue weighted by Gasteiger charge is -2.26. The number of carbonyl (C=O) groups excluding carboxylic acids is 1. The maximum Gasteiger partial charge on any atom is 0.273 e. The number of para-hydroxylation sites is 1. The fourth-order valence-electron chi connectivity index (χ4n) is 4.83. The molecule has 0 radical (unpaired) electrons. The fourth-order valence-corrected chi connectivity index (χ4v) is 4.83. The molecule has 2 aromatic heterocycles. The summed E-state index contributed by atoms with van der Waals surface area (Å²) in [7, 11) is 0. The average Bonchev–Trinajstić information content (AvgIpc) is 3.53. The molecule has 0 aliphatic carbocycles. The van der Waals surface area contributed by atoms with Gasteiger partial charge in [0.2, 0.25) is 0 Å². The summed E-state index contributed by atoms with van der Waals surface area (Å²) in [6.07, 6.45) is 2.75. The second-order valence-corrected chi connectivity index (χ2v) is 8.33. The number of phenols is 1. The van der Waals surface area contributed by atoms with E-state index in [9.17, 15) is 9.90 Å². The fraction of sp³-hybridized carbons (Fsp3) is 0.111. The van der Waals surface area contributed by atoms with Crippen molar-refractivity contribution < 1.29 is 9.90 Å². The first kappa shape index (κ1) is 19.4. The van der Waals surface area contributed by atoms with Gasteiger partial charge in [-0.15, -0.1) is 0 Å². The average molecular weight is 434 g/mol. The van der Waals surface area contributed by atoms with Crippen LogP contribution in [0.2, 0.25) is 0 Å². The van der Waals surface area contributed by atoms with Crippen molar-refractivity contribution in [3.63, 3.8) is 0 Å². The van der Waals surface area contributed by atoms with E-state index in [0.717, 1.165) is 34.3 Å². The first-order chi connectivity index (χ1) is 16.2. The number of carbonyl (C=O) groups is 1. The Morgan fingerprint density at radius 3 is 2.52 bits per heavy atom. The Kier molecular flexibility index (Phi) is 4.50. The van der Waals surface area contributed by atoms with E-state index in [-0.39, 0.29) is 17.7 Å². The summed E-state index contributed by atoms with van der Waals surface area (Å²) in [6, 6.07) is 24.9. The van der Waals surface area contributed by atoms with Crippen LogP contribution in [0.3, 0.4) is 0 Å². The molecule has 0 spiro atoms. The van der Waals surface area contributed by atoms with Crippen LogP contribution in [0.1, 0.15) is 33.2 Å². The quantitative estimate of drug-likeness (QED) is 0.362. The number of benzene rings is 3. The summed E-state index contributed by atoms with van der Waals surface area (Å²) in [5.41, 5.74) is 6.38. The van der Waals surface area contributed by atoms with Crippen molar-refractivity contribution in [2.24, 2.45) is 0 Å². The highest BCUT2D eigenvalue weighted by atomic mass is 16.3. The van der Waals surface area contributed by atoms with Crippen LogP contribution >= 0.6 is 0 Å². The van der Waals surface area contributed by atoms with E-state index in [2.05, 4.69) is 27.3 Å². The predicted octanol–water partition coefficient (Wildman–Crippen LogP) is 5.05. The molecule has 5 aromatic rings. The molecule has 0 saturated carbocycles. The Bertz CT molecular complexity index is 1450. The highest BCUT2D eigenvalue weighted by molar-refractivity contribution is 6.00. The predicted molar refractivity (Wildman–Crippen MR) is 127 cm³/mol. The van der Waals surface area contributed by atoms with Gasteiger partial charge in [0.1, 0.15) is 11.4 Å². The van der Waals surface area contributed by atoms with Gasteiger partial charge in [0.05, 0.1) is 11.7 Å². The summed E-state index contributed by atoms with van der Waals surface area (Å²) in [5.74, 6) is 0.140. The minimum atomic E-state index is -0.285. The van der Waals surface area contributed by atoms with Crippen LogP contribution in [0.15, 0.2) is 85.1 Å². The first-order valence-corrected chi connectivity index (χ1v) is 11.0. The van der Waals surface area contributed by atoms with E-state index in [0.29, 0.717) is 12.2 Å². The normalized spacial score (nSPS) is 15.3. The molecule has 0 unspecified atom stereocenters. The van der Waals surface area contributed by atoms with Crippen LogP contribution in [0.5, 0.6) is 5.75 Å². The molecule has 33 heavy (non-hydrogen) atoms. The van der Waals surface area contributed by atoms with Crippen molar-refractivity contribution in [2.45, 2.75) is 12.5 Å². The Labute approximate surface area is 190 Å². The molecule has 3 aromatic carbocycles. The van der Waals surface area contributed by atoms with Crippen LogP contribution in [-0.2, 0) is 6.42 Å².